The molecule has 148 valence electrons. The zero-order valence-corrected chi connectivity index (χ0v) is 15.9. The molecular weight excluding hydrogens is 382 g/mol. The molecular formula is C19H17N11. The molecule has 0 radical (unpaired) electrons. The maximum Gasteiger partial charge on any atom is 0.212 e. The van der Waals surface area contributed by atoms with Gasteiger partial charge in [0, 0.05) is 23.5 Å². The van der Waals surface area contributed by atoms with E-state index in [2.05, 4.69) is 40.9 Å². The van der Waals surface area contributed by atoms with Gasteiger partial charge >= 0.3 is 0 Å². The van der Waals surface area contributed by atoms with Crippen molar-refractivity contribution in [2.75, 3.05) is 11.1 Å². The van der Waals surface area contributed by atoms with E-state index >= 15 is 0 Å². The number of nitrogens with zero attached hydrogens (tertiary/aromatic N) is 8. The first-order chi connectivity index (χ1) is 14.7. The third-order valence-electron chi connectivity index (χ3n) is 4.73. The van der Waals surface area contributed by atoms with Crippen LogP contribution in [0.15, 0.2) is 55.1 Å². The van der Waals surface area contributed by atoms with E-state index in [0.29, 0.717) is 17.2 Å². The molecule has 5 aromatic rings. The second kappa shape index (κ2) is 7.20. The Morgan fingerprint density at radius 3 is 2.80 bits per heavy atom. The van der Waals surface area contributed by atoms with Gasteiger partial charge < -0.3 is 11.1 Å². The van der Waals surface area contributed by atoms with E-state index in [1.54, 1.807) is 10.7 Å². The van der Waals surface area contributed by atoms with Crippen molar-refractivity contribution in [2.24, 2.45) is 0 Å². The highest BCUT2D eigenvalue weighted by Gasteiger charge is 2.21. The number of benzene rings is 1. The topological polar surface area (TPSA) is 148 Å². The Morgan fingerprint density at radius 2 is 2.00 bits per heavy atom. The number of hydrogen-bond acceptors (Lipinski definition) is 9. The standard InChI is InChI=1S/C19H17N11/c1-11(24-18-15(17(20)22-10-23-18)19-25-28-29-26-19)13-9-14-21-7-8-30(14)27-16(13)12-5-3-2-4-6-12/h2-11H,1H3,(H3,20,22,23,24)(H,25,26,28,29)/t11-/m0/s1. The molecule has 0 bridgehead atoms. The molecule has 0 aliphatic carbocycles. The van der Waals surface area contributed by atoms with Crippen LogP contribution in [0, 0.1) is 0 Å². The van der Waals surface area contributed by atoms with Crippen molar-refractivity contribution >= 4 is 17.3 Å². The quantitative estimate of drug-likeness (QED) is 0.404. The van der Waals surface area contributed by atoms with Crippen LogP contribution in [0.25, 0.3) is 28.3 Å². The lowest BCUT2D eigenvalue weighted by Crippen LogP contribution is -2.13. The predicted molar refractivity (Wildman–Crippen MR) is 110 cm³/mol. The maximum absolute atomic E-state index is 6.07. The van der Waals surface area contributed by atoms with Crippen molar-refractivity contribution in [2.45, 2.75) is 13.0 Å². The number of rotatable bonds is 5. The minimum absolute atomic E-state index is 0.186. The van der Waals surface area contributed by atoms with Gasteiger partial charge in [-0.2, -0.15) is 10.3 Å². The average Bonchev–Trinajstić information content (AvgIpc) is 3.45. The molecule has 4 aromatic heterocycles. The summed E-state index contributed by atoms with van der Waals surface area (Å²) < 4.78 is 1.76. The Morgan fingerprint density at radius 1 is 1.13 bits per heavy atom. The van der Waals surface area contributed by atoms with Crippen molar-refractivity contribution in [3.05, 3.63) is 60.7 Å². The molecule has 0 aliphatic rings. The number of aromatic nitrogens is 9. The highest BCUT2D eigenvalue weighted by molar-refractivity contribution is 5.79. The van der Waals surface area contributed by atoms with Gasteiger partial charge in [0.05, 0.1) is 11.7 Å². The van der Waals surface area contributed by atoms with Gasteiger partial charge in [0.15, 0.2) is 5.65 Å². The Balaban J connectivity index is 1.60. The van der Waals surface area contributed by atoms with Crippen molar-refractivity contribution in [3.8, 4) is 22.6 Å². The molecule has 0 unspecified atom stereocenters. The van der Waals surface area contributed by atoms with Gasteiger partial charge in [-0.3, -0.25) is 0 Å². The van der Waals surface area contributed by atoms with Crippen molar-refractivity contribution in [3.63, 3.8) is 0 Å². The fraction of sp³-hybridized carbons (Fsp3) is 0.105. The first kappa shape index (κ1) is 17.7. The summed E-state index contributed by atoms with van der Waals surface area (Å²) in [6.07, 6.45) is 4.93. The first-order valence-corrected chi connectivity index (χ1v) is 9.21. The van der Waals surface area contributed by atoms with Gasteiger partial charge in [-0.25, -0.2) is 19.5 Å². The van der Waals surface area contributed by atoms with Crippen molar-refractivity contribution in [1.29, 1.82) is 0 Å². The number of anilines is 2. The van der Waals surface area contributed by atoms with E-state index in [1.165, 1.54) is 6.33 Å². The molecule has 4 N–H and O–H groups in total. The van der Waals surface area contributed by atoms with Crippen LogP contribution in [0.2, 0.25) is 0 Å². The fourth-order valence-corrected chi connectivity index (χ4v) is 3.30. The smallest absolute Gasteiger partial charge is 0.212 e. The number of nitrogens with two attached hydrogens (primary N) is 1. The minimum atomic E-state index is -0.186. The van der Waals surface area contributed by atoms with E-state index in [-0.39, 0.29) is 11.9 Å². The summed E-state index contributed by atoms with van der Waals surface area (Å²) in [4.78, 5) is 12.8. The lowest BCUT2D eigenvalue weighted by Gasteiger charge is -2.19. The third kappa shape index (κ3) is 3.07. The second-order valence-electron chi connectivity index (χ2n) is 6.63. The van der Waals surface area contributed by atoms with Gasteiger partial charge in [0.2, 0.25) is 5.82 Å². The highest BCUT2D eigenvalue weighted by atomic mass is 15.5. The summed E-state index contributed by atoms with van der Waals surface area (Å²) in [6, 6.07) is 11.8. The summed E-state index contributed by atoms with van der Waals surface area (Å²) in [7, 11) is 0. The predicted octanol–water partition coefficient (Wildman–Crippen LogP) is 2.12. The number of imidazole rings is 1. The van der Waals surface area contributed by atoms with Gasteiger partial charge in [0.25, 0.3) is 0 Å². The van der Waals surface area contributed by atoms with Crippen LogP contribution in [-0.4, -0.2) is 45.2 Å². The lowest BCUT2D eigenvalue weighted by atomic mass is 10.0. The van der Waals surface area contributed by atoms with E-state index in [4.69, 9.17) is 10.8 Å². The van der Waals surface area contributed by atoms with Gasteiger partial charge in [-0.15, -0.1) is 10.2 Å². The third-order valence-corrected chi connectivity index (χ3v) is 4.73. The summed E-state index contributed by atoms with van der Waals surface area (Å²) in [6.45, 7) is 2.02. The number of aromatic amines is 1. The highest BCUT2D eigenvalue weighted by Crippen LogP contribution is 2.33. The van der Waals surface area contributed by atoms with Gasteiger partial charge in [0.1, 0.15) is 23.5 Å². The SMILES string of the molecule is C[C@H](Nc1ncnc(N)c1-c1nn[nH]n1)c1cc2nccn2nc1-c1ccccc1. The van der Waals surface area contributed by atoms with Crippen LogP contribution in [0.4, 0.5) is 11.6 Å². The molecule has 1 aromatic carbocycles. The zero-order chi connectivity index (χ0) is 20.5. The summed E-state index contributed by atoms with van der Waals surface area (Å²) in [5.74, 6) is 1.07. The molecule has 11 heteroatoms. The Hall–Kier alpha value is -4.41. The van der Waals surface area contributed by atoms with Crippen molar-refractivity contribution < 1.29 is 0 Å². The van der Waals surface area contributed by atoms with Crippen LogP contribution in [0.3, 0.4) is 0 Å². The minimum Gasteiger partial charge on any atom is -0.383 e. The number of nitrogens with one attached hydrogen (secondary N) is 2. The molecule has 0 fully saturated rings. The molecule has 0 aliphatic heterocycles. The fourth-order valence-electron chi connectivity index (χ4n) is 3.30. The van der Waals surface area contributed by atoms with E-state index in [1.807, 2.05) is 49.5 Å². The molecule has 0 saturated carbocycles. The van der Waals surface area contributed by atoms with Crippen LogP contribution in [0.1, 0.15) is 18.5 Å². The number of tetrazole rings is 1. The molecule has 11 nitrogen and oxygen atoms in total. The average molecular weight is 399 g/mol. The molecule has 30 heavy (non-hydrogen) atoms. The molecule has 5 rings (SSSR count). The molecule has 4 heterocycles. The summed E-state index contributed by atoms with van der Waals surface area (Å²) in [5, 5.41) is 22.2. The van der Waals surface area contributed by atoms with Crippen LogP contribution >= 0.6 is 0 Å². The van der Waals surface area contributed by atoms with E-state index in [0.717, 1.165) is 22.5 Å². The number of H-pyrrole nitrogens is 1. The van der Waals surface area contributed by atoms with Crippen LogP contribution in [-0.2, 0) is 0 Å². The Bertz CT molecular complexity index is 1300. The second-order valence-corrected chi connectivity index (χ2v) is 6.63. The number of nitrogen functional groups attached to an aromatic ring is 1. The number of fused-ring (bicyclic) bond motifs is 1. The van der Waals surface area contributed by atoms with Crippen LogP contribution in [0.5, 0.6) is 0 Å². The van der Waals surface area contributed by atoms with Gasteiger partial charge in [-0.1, -0.05) is 30.3 Å². The summed E-state index contributed by atoms with van der Waals surface area (Å²) in [5.41, 5.74) is 10.1. The summed E-state index contributed by atoms with van der Waals surface area (Å²) >= 11 is 0. The Kier molecular flexibility index (Phi) is 4.24. The normalized spacial score (nSPS) is 12.2. The lowest BCUT2D eigenvalue weighted by molar-refractivity contribution is 0.840. The zero-order valence-electron chi connectivity index (χ0n) is 15.9. The molecule has 0 amide bonds. The molecule has 0 saturated heterocycles. The van der Waals surface area contributed by atoms with Crippen LogP contribution < -0.4 is 11.1 Å². The number of hydrogen-bond donors (Lipinski definition) is 3. The largest absolute Gasteiger partial charge is 0.383 e. The van der Waals surface area contributed by atoms with E-state index < -0.39 is 0 Å². The van der Waals surface area contributed by atoms with Crippen molar-refractivity contribution in [1.82, 2.24) is 45.2 Å². The monoisotopic (exact) mass is 399 g/mol. The molecule has 0 spiro atoms. The van der Waals surface area contributed by atoms with E-state index in [9.17, 15) is 0 Å². The maximum atomic E-state index is 6.07. The Labute approximate surface area is 170 Å². The molecule has 1 atom stereocenters. The first-order valence-electron chi connectivity index (χ1n) is 9.21. The van der Waals surface area contributed by atoms with Gasteiger partial charge in [-0.05, 0) is 18.2 Å².